The number of hydrogen-bond acceptors (Lipinski definition) is 1. The fourth-order valence-electron chi connectivity index (χ4n) is 3.84. The molecule has 3 rings (SSSR count). The molecule has 0 radical (unpaired) electrons. The van der Waals surface area contributed by atoms with Gasteiger partial charge in [-0.1, -0.05) is 41.4 Å². The summed E-state index contributed by atoms with van der Waals surface area (Å²) < 4.78 is 0. The number of halogens is 2. The van der Waals surface area contributed by atoms with E-state index >= 15 is 0 Å². The number of rotatable bonds is 4. The first-order valence-corrected chi connectivity index (χ1v) is 7.67. The van der Waals surface area contributed by atoms with Gasteiger partial charge in [0.2, 0.25) is 0 Å². The zero-order valence-corrected chi connectivity index (χ0v) is 12.4. The van der Waals surface area contributed by atoms with Crippen molar-refractivity contribution in [3.8, 4) is 0 Å². The van der Waals surface area contributed by atoms with E-state index < -0.39 is 5.97 Å². The third kappa shape index (κ3) is 2.47. The molecule has 0 amide bonds. The molecule has 0 heterocycles. The number of carboxylic acid groups (broad SMARTS) is 1. The summed E-state index contributed by atoms with van der Waals surface area (Å²) in [6.07, 6.45) is 6.57. The predicted molar refractivity (Wildman–Crippen MR) is 80.3 cm³/mol. The minimum absolute atomic E-state index is 0.226. The van der Waals surface area contributed by atoms with Crippen LogP contribution in [0.3, 0.4) is 0 Å². The molecule has 2 aliphatic carbocycles. The lowest BCUT2D eigenvalue weighted by Gasteiger charge is -2.29. The van der Waals surface area contributed by atoms with E-state index in [0.29, 0.717) is 40.1 Å². The smallest absolute Gasteiger partial charge is 0.303 e. The molecule has 0 saturated heterocycles. The summed E-state index contributed by atoms with van der Waals surface area (Å²) in [7, 11) is 0. The fraction of sp³-hybridized carbons (Fsp3) is 0.438. The number of benzene rings is 1. The Kier molecular flexibility index (Phi) is 3.78. The Morgan fingerprint density at radius 3 is 2.70 bits per heavy atom. The molecular formula is C16H16Cl2O2. The van der Waals surface area contributed by atoms with Crippen molar-refractivity contribution in [2.45, 2.75) is 25.2 Å². The number of hydrogen-bond donors (Lipinski definition) is 1. The van der Waals surface area contributed by atoms with Crippen LogP contribution in [0.4, 0.5) is 0 Å². The normalized spacial score (nSPS) is 30.9. The number of allylic oxidation sites excluding steroid dienone is 2. The average molecular weight is 311 g/mol. The molecule has 1 aromatic carbocycles. The average Bonchev–Trinajstić information content (AvgIpc) is 2.97. The summed E-state index contributed by atoms with van der Waals surface area (Å²) >= 11 is 12.3. The second-order valence-corrected chi connectivity index (χ2v) is 6.58. The van der Waals surface area contributed by atoms with Gasteiger partial charge in [-0.05, 0) is 54.2 Å². The van der Waals surface area contributed by atoms with Gasteiger partial charge in [0.1, 0.15) is 0 Å². The molecule has 2 nitrogen and oxygen atoms in total. The Hall–Kier alpha value is -0.990. The van der Waals surface area contributed by atoms with Gasteiger partial charge in [-0.2, -0.15) is 0 Å². The van der Waals surface area contributed by atoms with E-state index in [1.807, 2.05) is 12.1 Å². The second kappa shape index (κ2) is 5.42. The maximum Gasteiger partial charge on any atom is 0.303 e. The molecule has 1 N–H and O–H groups in total. The van der Waals surface area contributed by atoms with Crippen LogP contribution in [0.2, 0.25) is 10.0 Å². The first-order valence-electron chi connectivity index (χ1n) is 6.91. The quantitative estimate of drug-likeness (QED) is 0.814. The molecule has 0 aliphatic heterocycles. The van der Waals surface area contributed by atoms with Gasteiger partial charge in [-0.3, -0.25) is 4.79 Å². The molecule has 2 bridgehead atoms. The Morgan fingerprint density at radius 2 is 2.00 bits per heavy atom. The van der Waals surface area contributed by atoms with E-state index in [2.05, 4.69) is 12.2 Å². The molecule has 1 saturated carbocycles. The monoisotopic (exact) mass is 310 g/mol. The lowest BCUT2D eigenvalue weighted by atomic mass is 9.76. The van der Waals surface area contributed by atoms with Crippen molar-refractivity contribution in [1.82, 2.24) is 0 Å². The molecule has 1 fully saturated rings. The van der Waals surface area contributed by atoms with Gasteiger partial charge >= 0.3 is 5.97 Å². The van der Waals surface area contributed by atoms with Gasteiger partial charge in [0.05, 0.1) is 0 Å². The lowest BCUT2D eigenvalue weighted by Crippen LogP contribution is -2.19. The van der Waals surface area contributed by atoms with E-state index in [1.54, 1.807) is 6.07 Å². The zero-order chi connectivity index (χ0) is 14.3. The van der Waals surface area contributed by atoms with Gasteiger partial charge in [0, 0.05) is 16.5 Å². The molecule has 0 spiro atoms. The summed E-state index contributed by atoms with van der Waals surface area (Å²) in [6.45, 7) is 0. The second-order valence-electron chi connectivity index (χ2n) is 5.74. The highest BCUT2D eigenvalue weighted by atomic mass is 35.5. The van der Waals surface area contributed by atoms with Crippen molar-refractivity contribution in [3.05, 3.63) is 46.0 Å². The van der Waals surface area contributed by atoms with E-state index in [4.69, 9.17) is 28.3 Å². The van der Waals surface area contributed by atoms with Crippen LogP contribution >= 0.6 is 23.2 Å². The van der Waals surface area contributed by atoms with Crippen molar-refractivity contribution in [2.24, 2.45) is 17.8 Å². The maximum absolute atomic E-state index is 10.9. The predicted octanol–water partition coefficient (Wildman–Crippen LogP) is 4.76. The molecular weight excluding hydrogens is 295 g/mol. The molecule has 20 heavy (non-hydrogen) atoms. The first kappa shape index (κ1) is 14.0. The number of carbonyl (C=O) groups is 1. The Labute approximate surface area is 128 Å². The Morgan fingerprint density at radius 1 is 1.25 bits per heavy atom. The van der Waals surface area contributed by atoms with Crippen LogP contribution in [0.15, 0.2) is 30.4 Å². The third-order valence-electron chi connectivity index (χ3n) is 4.64. The fourth-order valence-corrected chi connectivity index (χ4v) is 4.38. The van der Waals surface area contributed by atoms with Crippen molar-refractivity contribution >= 4 is 29.2 Å². The van der Waals surface area contributed by atoms with Crippen LogP contribution in [0, 0.1) is 17.8 Å². The van der Waals surface area contributed by atoms with Gasteiger partial charge in [-0.25, -0.2) is 0 Å². The number of aliphatic carboxylic acids is 1. The van der Waals surface area contributed by atoms with Gasteiger partial charge < -0.3 is 5.11 Å². The minimum Gasteiger partial charge on any atom is -0.481 e. The minimum atomic E-state index is -0.724. The first-order chi connectivity index (χ1) is 9.56. The number of carboxylic acids is 1. The summed E-state index contributed by atoms with van der Waals surface area (Å²) in [5, 5.41) is 10.3. The highest BCUT2D eigenvalue weighted by Gasteiger charge is 2.45. The third-order valence-corrected chi connectivity index (χ3v) is 5.20. The van der Waals surface area contributed by atoms with Gasteiger partial charge in [0.25, 0.3) is 0 Å². The van der Waals surface area contributed by atoms with Crippen LogP contribution in [0.5, 0.6) is 0 Å². The summed E-state index contributed by atoms with van der Waals surface area (Å²) in [5.74, 6) is 0.958. The molecule has 0 aromatic heterocycles. The molecule has 4 atom stereocenters. The zero-order valence-electron chi connectivity index (χ0n) is 10.9. The molecule has 4 unspecified atom stereocenters. The van der Waals surface area contributed by atoms with Gasteiger partial charge in [-0.15, -0.1) is 0 Å². The lowest BCUT2D eigenvalue weighted by molar-refractivity contribution is -0.137. The van der Waals surface area contributed by atoms with Crippen molar-refractivity contribution in [2.75, 3.05) is 0 Å². The highest BCUT2D eigenvalue weighted by Crippen LogP contribution is 2.55. The number of fused-ring (bicyclic) bond motifs is 2. The van der Waals surface area contributed by atoms with E-state index in [9.17, 15) is 4.79 Å². The largest absolute Gasteiger partial charge is 0.481 e. The van der Waals surface area contributed by atoms with E-state index in [0.717, 1.165) is 12.0 Å². The molecule has 2 aliphatic rings. The Bertz CT molecular complexity index is 568. The van der Waals surface area contributed by atoms with Gasteiger partial charge in [0.15, 0.2) is 0 Å². The molecule has 1 aromatic rings. The van der Waals surface area contributed by atoms with E-state index in [-0.39, 0.29) is 6.42 Å². The van der Waals surface area contributed by atoms with Crippen molar-refractivity contribution in [3.63, 3.8) is 0 Å². The standard InChI is InChI=1S/C16H16Cl2O2/c17-11-3-4-13(14(18)8-11)16-10-2-1-9(7-10)12(16)5-6-15(19)20/h1-4,8-10,12,16H,5-7H2,(H,19,20). The van der Waals surface area contributed by atoms with Crippen LogP contribution < -0.4 is 0 Å². The SMILES string of the molecule is O=C(O)CCC1C2C=CC(C2)C1c1ccc(Cl)cc1Cl. The van der Waals surface area contributed by atoms with E-state index in [1.165, 1.54) is 0 Å². The molecule has 4 heteroatoms. The summed E-state index contributed by atoms with van der Waals surface area (Å²) in [5.41, 5.74) is 1.11. The topological polar surface area (TPSA) is 37.3 Å². The summed E-state index contributed by atoms with van der Waals surface area (Å²) in [6, 6.07) is 5.65. The molecule has 106 valence electrons. The maximum atomic E-state index is 10.9. The highest BCUT2D eigenvalue weighted by molar-refractivity contribution is 6.35. The Balaban J connectivity index is 1.89. The van der Waals surface area contributed by atoms with Crippen LogP contribution in [0.25, 0.3) is 0 Å². The summed E-state index contributed by atoms with van der Waals surface area (Å²) in [4.78, 5) is 10.9. The van der Waals surface area contributed by atoms with Crippen molar-refractivity contribution < 1.29 is 9.90 Å². The van der Waals surface area contributed by atoms with Crippen molar-refractivity contribution in [1.29, 1.82) is 0 Å². The van der Waals surface area contributed by atoms with Crippen LogP contribution in [-0.2, 0) is 4.79 Å². The van der Waals surface area contributed by atoms with Crippen LogP contribution in [0.1, 0.15) is 30.7 Å². The van der Waals surface area contributed by atoms with Crippen LogP contribution in [-0.4, -0.2) is 11.1 Å².